The molecule has 2 aromatic rings. The van der Waals surface area contributed by atoms with Crippen molar-refractivity contribution in [3.05, 3.63) is 64.7 Å². The van der Waals surface area contributed by atoms with Gasteiger partial charge in [-0.25, -0.2) is 0 Å². The normalized spacial score (nSPS) is 16.2. The van der Waals surface area contributed by atoms with Gasteiger partial charge in [0.05, 0.1) is 17.7 Å². The summed E-state index contributed by atoms with van der Waals surface area (Å²) in [7, 11) is 0. The van der Waals surface area contributed by atoms with Crippen molar-refractivity contribution in [2.75, 3.05) is 0 Å². The van der Waals surface area contributed by atoms with Gasteiger partial charge in [-0.3, -0.25) is 14.5 Å². The van der Waals surface area contributed by atoms with Crippen molar-refractivity contribution in [1.82, 2.24) is 4.90 Å². The van der Waals surface area contributed by atoms with Crippen molar-refractivity contribution in [2.45, 2.75) is 19.3 Å². The Morgan fingerprint density at radius 3 is 2.41 bits per heavy atom. The smallest absolute Gasteiger partial charge is 0.324 e. The Morgan fingerprint density at radius 1 is 1.05 bits per heavy atom. The van der Waals surface area contributed by atoms with Gasteiger partial charge in [0.25, 0.3) is 11.8 Å². The highest BCUT2D eigenvalue weighted by Crippen LogP contribution is 2.24. The van der Waals surface area contributed by atoms with E-state index < -0.39 is 6.92 Å². The zero-order valence-electron chi connectivity index (χ0n) is 12.0. The van der Waals surface area contributed by atoms with Gasteiger partial charge in [0.1, 0.15) is 0 Å². The average Bonchev–Trinajstić information content (AvgIpc) is 3.02. The SMILES string of the molecule is O=C1c2ccccc2C(=O)N1Cc1ccc2c(c1)B(O)CC2. The number of imide groups is 1. The Hall–Kier alpha value is -2.40. The molecule has 1 N–H and O–H groups in total. The second-order valence-corrected chi connectivity index (χ2v) is 5.83. The second kappa shape index (κ2) is 4.82. The fraction of sp³-hybridized carbons (Fsp3) is 0.176. The van der Waals surface area contributed by atoms with E-state index in [1.807, 2.05) is 18.2 Å². The first kappa shape index (κ1) is 13.3. The van der Waals surface area contributed by atoms with Gasteiger partial charge in [-0.15, -0.1) is 0 Å². The first-order valence-electron chi connectivity index (χ1n) is 7.40. The predicted octanol–water partition coefficient (Wildman–Crippen LogP) is 1.23. The Balaban J connectivity index is 1.64. The van der Waals surface area contributed by atoms with Crippen LogP contribution in [0.3, 0.4) is 0 Å². The van der Waals surface area contributed by atoms with Crippen molar-refractivity contribution in [3.8, 4) is 0 Å². The molecular formula is C17H14BNO3. The van der Waals surface area contributed by atoms with Crippen LogP contribution < -0.4 is 5.46 Å². The first-order chi connectivity index (χ1) is 10.6. The van der Waals surface area contributed by atoms with Gasteiger partial charge in [0.2, 0.25) is 0 Å². The first-order valence-corrected chi connectivity index (χ1v) is 7.40. The molecule has 0 radical (unpaired) electrons. The molecule has 0 bridgehead atoms. The van der Waals surface area contributed by atoms with Gasteiger partial charge < -0.3 is 5.02 Å². The summed E-state index contributed by atoms with van der Waals surface area (Å²) in [6.07, 6.45) is 1.62. The number of nitrogens with zero attached hydrogens (tertiary/aromatic N) is 1. The van der Waals surface area contributed by atoms with E-state index in [1.54, 1.807) is 24.3 Å². The molecular weight excluding hydrogens is 277 g/mol. The van der Waals surface area contributed by atoms with Crippen LogP contribution in [0, 0.1) is 0 Å². The van der Waals surface area contributed by atoms with Crippen LogP contribution in [0.4, 0.5) is 0 Å². The molecule has 4 nitrogen and oxygen atoms in total. The summed E-state index contributed by atoms with van der Waals surface area (Å²) < 4.78 is 0. The number of fused-ring (bicyclic) bond motifs is 2. The van der Waals surface area contributed by atoms with Crippen LogP contribution in [0.1, 0.15) is 31.8 Å². The molecule has 0 fully saturated rings. The molecule has 108 valence electrons. The van der Waals surface area contributed by atoms with Crippen molar-refractivity contribution in [2.24, 2.45) is 0 Å². The summed E-state index contributed by atoms with van der Waals surface area (Å²) in [6, 6.07) is 12.7. The van der Waals surface area contributed by atoms with Gasteiger partial charge in [0, 0.05) is 0 Å². The molecule has 0 atom stereocenters. The van der Waals surface area contributed by atoms with E-state index in [2.05, 4.69) is 0 Å². The van der Waals surface area contributed by atoms with Gasteiger partial charge in [0.15, 0.2) is 0 Å². The van der Waals surface area contributed by atoms with Crippen molar-refractivity contribution in [3.63, 3.8) is 0 Å². The van der Waals surface area contributed by atoms with Gasteiger partial charge in [-0.05, 0) is 35.9 Å². The lowest BCUT2D eigenvalue weighted by molar-refractivity contribution is 0.0642. The Kier molecular flexibility index (Phi) is 2.91. The van der Waals surface area contributed by atoms with E-state index in [1.165, 1.54) is 4.90 Å². The fourth-order valence-electron chi connectivity index (χ4n) is 3.29. The van der Waals surface area contributed by atoms with Crippen LogP contribution in [-0.4, -0.2) is 28.7 Å². The molecule has 0 spiro atoms. The largest absolute Gasteiger partial charge is 0.446 e. The summed E-state index contributed by atoms with van der Waals surface area (Å²) in [5.41, 5.74) is 3.88. The summed E-state index contributed by atoms with van der Waals surface area (Å²) >= 11 is 0. The number of rotatable bonds is 2. The van der Waals surface area contributed by atoms with Crippen molar-refractivity contribution >= 4 is 24.2 Å². The molecule has 2 aliphatic heterocycles. The Morgan fingerprint density at radius 2 is 1.73 bits per heavy atom. The number of hydrogen-bond donors (Lipinski definition) is 1. The summed E-state index contributed by atoms with van der Waals surface area (Å²) in [5.74, 6) is -0.497. The van der Waals surface area contributed by atoms with E-state index in [0.29, 0.717) is 11.1 Å². The van der Waals surface area contributed by atoms with Gasteiger partial charge in [-0.1, -0.05) is 35.9 Å². The molecule has 2 amide bonds. The highest BCUT2D eigenvalue weighted by Gasteiger charge is 2.35. The number of carbonyl (C=O) groups excluding carboxylic acids is 2. The summed E-state index contributed by atoms with van der Waals surface area (Å²) in [6.45, 7) is -0.191. The van der Waals surface area contributed by atoms with E-state index in [-0.39, 0.29) is 18.4 Å². The van der Waals surface area contributed by atoms with Crippen LogP contribution in [0.2, 0.25) is 6.32 Å². The maximum Gasteiger partial charge on any atom is 0.324 e. The standard InChI is InChI=1S/C17H14BNO3/c20-16-13-3-1-2-4-14(13)17(21)19(16)10-11-5-6-12-7-8-18(22)15(12)9-11/h1-6,9,22H,7-8,10H2. The lowest BCUT2D eigenvalue weighted by Crippen LogP contribution is -2.31. The highest BCUT2D eigenvalue weighted by molar-refractivity contribution is 6.68. The molecule has 2 heterocycles. The van der Waals surface area contributed by atoms with Crippen LogP contribution in [0.25, 0.3) is 0 Å². The third kappa shape index (κ3) is 1.90. The van der Waals surface area contributed by atoms with Crippen LogP contribution in [-0.2, 0) is 13.0 Å². The molecule has 5 heteroatoms. The molecule has 2 aromatic carbocycles. The lowest BCUT2D eigenvalue weighted by Gasteiger charge is -2.15. The fourth-order valence-corrected chi connectivity index (χ4v) is 3.29. The van der Waals surface area contributed by atoms with Crippen molar-refractivity contribution < 1.29 is 14.6 Å². The second-order valence-electron chi connectivity index (χ2n) is 5.83. The molecule has 4 rings (SSSR count). The third-order valence-electron chi connectivity index (χ3n) is 4.48. The average molecular weight is 291 g/mol. The Bertz CT molecular complexity index is 767. The van der Waals surface area contributed by atoms with Crippen LogP contribution >= 0.6 is 0 Å². The van der Waals surface area contributed by atoms with Crippen LogP contribution in [0.15, 0.2) is 42.5 Å². The number of benzene rings is 2. The minimum absolute atomic E-state index is 0.242. The third-order valence-corrected chi connectivity index (χ3v) is 4.48. The van der Waals surface area contributed by atoms with E-state index >= 15 is 0 Å². The van der Waals surface area contributed by atoms with Gasteiger partial charge >= 0.3 is 6.92 Å². The quantitative estimate of drug-likeness (QED) is 0.669. The number of amides is 2. The van der Waals surface area contributed by atoms with Gasteiger partial charge in [-0.2, -0.15) is 0 Å². The Labute approximate surface area is 128 Å². The van der Waals surface area contributed by atoms with Crippen LogP contribution in [0.5, 0.6) is 0 Å². The number of carbonyl (C=O) groups is 2. The van der Waals surface area contributed by atoms with E-state index in [0.717, 1.165) is 29.3 Å². The number of aryl methyl sites for hydroxylation is 1. The zero-order valence-corrected chi connectivity index (χ0v) is 12.0. The molecule has 22 heavy (non-hydrogen) atoms. The molecule has 0 saturated carbocycles. The maximum absolute atomic E-state index is 12.4. The maximum atomic E-state index is 12.4. The molecule has 2 aliphatic rings. The topological polar surface area (TPSA) is 57.6 Å². The predicted molar refractivity (Wildman–Crippen MR) is 83.2 cm³/mol. The van der Waals surface area contributed by atoms with E-state index in [9.17, 15) is 14.6 Å². The molecule has 0 aliphatic carbocycles. The lowest BCUT2D eigenvalue weighted by atomic mass is 9.63. The molecule has 0 unspecified atom stereocenters. The minimum atomic E-state index is -0.433. The zero-order chi connectivity index (χ0) is 15.3. The molecule has 0 aromatic heterocycles. The minimum Gasteiger partial charge on any atom is -0.446 e. The highest BCUT2D eigenvalue weighted by atomic mass is 16.2. The monoisotopic (exact) mass is 291 g/mol. The summed E-state index contributed by atoms with van der Waals surface area (Å²) in [5, 5.41) is 9.97. The van der Waals surface area contributed by atoms with E-state index in [4.69, 9.17) is 0 Å². The number of hydrogen-bond acceptors (Lipinski definition) is 3. The van der Waals surface area contributed by atoms with Crippen molar-refractivity contribution in [1.29, 1.82) is 0 Å². The molecule has 0 saturated heterocycles. The summed E-state index contributed by atoms with van der Waals surface area (Å²) in [4.78, 5) is 26.0.